The SMILES string of the molecule is COc1cc2c(cc1OC)CN(C1CN3CCC1CC3)CC2. The molecule has 4 aliphatic rings. The van der Waals surface area contributed by atoms with Gasteiger partial charge in [0, 0.05) is 25.7 Å². The Morgan fingerprint density at radius 3 is 2.23 bits per heavy atom. The summed E-state index contributed by atoms with van der Waals surface area (Å²) < 4.78 is 10.9. The first-order chi connectivity index (χ1) is 10.8. The molecule has 4 nitrogen and oxygen atoms in total. The zero-order valence-corrected chi connectivity index (χ0v) is 13.7. The van der Waals surface area contributed by atoms with E-state index in [1.165, 1.54) is 50.1 Å². The maximum Gasteiger partial charge on any atom is 0.161 e. The molecule has 0 N–H and O–H groups in total. The molecule has 0 spiro atoms. The molecule has 2 bridgehead atoms. The number of hydrogen-bond acceptors (Lipinski definition) is 4. The van der Waals surface area contributed by atoms with Crippen molar-refractivity contribution in [3.05, 3.63) is 23.3 Å². The smallest absolute Gasteiger partial charge is 0.161 e. The van der Waals surface area contributed by atoms with E-state index in [0.29, 0.717) is 0 Å². The highest BCUT2D eigenvalue weighted by Crippen LogP contribution is 2.36. The largest absolute Gasteiger partial charge is 0.493 e. The van der Waals surface area contributed by atoms with E-state index in [1.807, 2.05) is 0 Å². The van der Waals surface area contributed by atoms with Gasteiger partial charge in [-0.1, -0.05) is 0 Å². The lowest BCUT2D eigenvalue weighted by molar-refractivity contribution is -0.000874. The molecule has 4 heteroatoms. The highest BCUT2D eigenvalue weighted by molar-refractivity contribution is 5.48. The molecule has 0 radical (unpaired) electrons. The van der Waals surface area contributed by atoms with E-state index in [4.69, 9.17) is 9.47 Å². The van der Waals surface area contributed by atoms with Crippen molar-refractivity contribution in [1.82, 2.24) is 9.80 Å². The maximum atomic E-state index is 5.48. The molecular formula is C18H26N2O2. The average Bonchev–Trinajstić information content (AvgIpc) is 2.60. The minimum atomic E-state index is 0.753. The first kappa shape index (κ1) is 14.3. The van der Waals surface area contributed by atoms with Crippen LogP contribution in [0.2, 0.25) is 0 Å². The van der Waals surface area contributed by atoms with Gasteiger partial charge in [0.1, 0.15) is 0 Å². The summed E-state index contributed by atoms with van der Waals surface area (Å²) in [5.74, 6) is 2.63. The van der Waals surface area contributed by atoms with Crippen LogP contribution in [0, 0.1) is 5.92 Å². The normalized spacial score (nSPS) is 30.9. The van der Waals surface area contributed by atoms with Gasteiger partial charge in [-0.3, -0.25) is 4.90 Å². The van der Waals surface area contributed by atoms with Crippen molar-refractivity contribution in [1.29, 1.82) is 0 Å². The number of hydrogen-bond donors (Lipinski definition) is 0. The third-order valence-corrected chi connectivity index (χ3v) is 5.84. The number of nitrogens with zero attached hydrogens (tertiary/aromatic N) is 2. The van der Waals surface area contributed by atoms with E-state index in [-0.39, 0.29) is 0 Å². The predicted molar refractivity (Wildman–Crippen MR) is 86.6 cm³/mol. The summed E-state index contributed by atoms with van der Waals surface area (Å²) in [6.45, 7) is 6.14. The molecule has 4 aliphatic heterocycles. The number of fused-ring (bicyclic) bond motifs is 4. The van der Waals surface area contributed by atoms with Crippen molar-refractivity contribution in [2.45, 2.75) is 31.8 Å². The third kappa shape index (κ3) is 2.38. The van der Waals surface area contributed by atoms with Crippen LogP contribution in [0.15, 0.2) is 12.1 Å². The second-order valence-corrected chi connectivity index (χ2v) is 6.90. The van der Waals surface area contributed by atoms with E-state index in [0.717, 1.165) is 36.4 Å². The number of ether oxygens (including phenoxy) is 2. The third-order valence-electron chi connectivity index (χ3n) is 5.84. The minimum Gasteiger partial charge on any atom is -0.493 e. The molecule has 3 fully saturated rings. The quantitative estimate of drug-likeness (QED) is 0.854. The van der Waals surface area contributed by atoms with Crippen LogP contribution >= 0.6 is 0 Å². The summed E-state index contributed by atoms with van der Waals surface area (Å²) in [5, 5.41) is 0. The second-order valence-electron chi connectivity index (χ2n) is 6.90. The van der Waals surface area contributed by atoms with Gasteiger partial charge in [-0.2, -0.15) is 0 Å². The second kappa shape index (κ2) is 5.74. The minimum absolute atomic E-state index is 0.753. The van der Waals surface area contributed by atoms with Crippen LogP contribution in [-0.2, 0) is 13.0 Å². The fraction of sp³-hybridized carbons (Fsp3) is 0.667. The fourth-order valence-corrected chi connectivity index (χ4v) is 4.54. The van der Waals surface area contributed by atoms with Gasteiger partial charge in [-0.05, 0) is 61.5 Å². The molecule has 1 aromatic carbocycles. The lowest BCUT2D eigenvalue weighted by Gasteiger charge is -2.50. The van der Waals surface area contributed by atoms with Crippen molar-refractivity contribution in [3.8, 4) is 11.5 Å². The molecule has 1 unspecified atom stereocenters. The van der Waals surface area contributed by atoms with Crippen molar-refractivity contribution in [2.24, 2.45) is 5.92 Å². The van der Waals surface area contributed by atoms with Crippen LogP contribution < -0.4 is 9.47 Å². The standard InChI is InChI=1S/C18H26N2O2/c1-21-17-9-14-5-8-20(11-15(14)10-18(17)22-2)16-12-19-6-3-13(16)4-7-19/h9-10,13,16H,3-8,11-12H2,1-2H3. The van der Waals surface area contributed by atoms with E-state index in [1.54, 1.807) is 14.2 Å². The monoisotopic (exact) mass is 302 g/mol. The number of rotatable bonds is 3. The topological polar surface area (TPSA) is 24.9 Å². The summed E-state index contributed by atoms with van der Waals surface area (Å²) in [6.07, 6.45) is 3.90. The lowest BCUT2D eigenvalue weighted by atomic mass is 9.82. The molecule has 1 aromatic rings. The van der Waals surface area contributed by atoms with Crippen molar-refractivity contribution in [2.75, 3.05) is 40.4 Å². The van der Waals surface area contributed by atoms with Gasteiger partial charge in [0.25, 0.3) is 0 Å². The Balaban J connectivity index is 1.56. The van der Waals surface area contributed by atoms with Crippen molar-refractivity contribution >= 4 is 0 Å². The molecule has 0 amide bonds. The zero-order chi connectivity index (χ0) is 15.1. The summed E-state index contributed by atoms with van der Waals surface area (Å²) in [4.78, 5) is 5.36. The van der Waals surface area contributed by atoms with E-state index in [9.17, 15) is 0 Å². The highest BCUT2D eigenvalue weighted by atomic mass is 16.5. The average molecular weight is 302 g/mol. The van der Waals surface area contributed by atoms with E-state index >= 15 is 0 Å². The summed E-state index contributed by atoms with van der Waals surface area (Å²) in [7, 11) is 3.44. The molecule has 1 atom stereocenters. The Bertz CT molecular complexity index is 552. The van der Waals surface area contributed by atoms with Crippen LogP contribution in [0.1, 0.15) is 24.0 Å². The van der Waals surface area contributed by atoms with Crippen molar-refractivity contribution in [3.63, 3.8) is 0 Å². The highest BCUT2D eigenvalue weighted by Gasteiger charge is 2.38. The van der Waals surface area contributed by atoms with Gasteiger partial charge in [0.15, 0.2) is 11.5 Å². The van der Waals surface area contributed by atoms with E-state index < -0.39 is 0 Å². The Labute approximate surface area is 133 Å². The molecular weight excluding hydrogens is 276 g/mol. The first-order valence-corrected chi connectivity index (χ1v) is 8.48. The Morgan fingerprint density at radius 1 is 0.955 bits per heavy atom. The maximum absolute atomic E-state index is 5.48. The molecule has 120 valence electrons. The summed E-state index contributed by atoms with van der Waals surface area (Å²) in [6, 6.07) is 5.10. The molecule has 4 heterocycles. The number of benzene rings is 1. The Hall–Kier alpha value is -1.26. The van der Waals surface area contributed by atoms with E-state index in [2.05, 4.69) is 21.9 Å². The molecule has 0 saturated carbocycles. The van der Waals surface area contributed by atoms with Gasteiger partial charge < -0.3 is 14.4 Å². The van der Waals surface area contributed by atoms with Crippen LogP contribution in [0.5, 0.6) is 11.5 Å². The molecule has 22 heavy (non-hydrogen) atoms. The van der Waals surface area contributed by atoms with Gasteiger partial charge in [-0.25, -0.2) is 0 Å². The van der Waals surface area contributed by atoms with Crippen LogP contribution in [0.25, 0.3) is 0 Å². The van der Waals surface area contributed by atoms with Crippen molar-refractivity contribution < 1.29 is 9.47 Å². The van der Waals surface area contributed by atoms with Gasteiger partial charge >= 0.3 is 0 Å². The fourth-order valence-electron chi connectivity index (χ4n) is 4.54. The first-order valence-electron chi connectivity index (χ1n) is 8.48. The number of piperidine rings is 3. The van der Waals surface area contributed by atoms with Gasteiger partial charge in [0.2, 0.25) is 0 Å². The molecule has 0 aliphatic carbocycles. The Morgan fingerprint density at radius 2 is 1.64 bits per heavy atom. The van der Waals surface area contributed by atoms with Crippen LogP contribution in [-0.4, -0.2) is 56.2 Å². The zero-order valence-electron chi connectivity index (χ0n) is 13.7. The van der Waals surface area contributed by atoms with Gasteiger partial charge in [-0.15, -0.1) is 0 Å². The molecule has 0 aromatic heterocycles. The summed E-state index contributed by atoms with van der Waals surface area (Å²) in [5.41, 5.74) is 2.84. The van der Waals surface area contributed by atoms with Crippen LogP contribution in [0.3, 0.4) is 0 Å². The lowest BCUT2D eigenvalue weighted by Crippen LogP contribution is -2.58. The Kier molecular flexibility index (Phi) is 3.74. The number of methoxy groups -OCH3 is 2. The van der Waals surface area contributed by atoms with Gasteiger partial charge in [0.05, 0.1) is 14.2 Å². The predicted octanol–water partition coefficient (Wildman–Crippen LogP) is 2.16. The van der Waals surface area contributed by atoms with Crippen LogP contribution in [0.4, 0.5) is 0 Å². The molecule has 5 rings (SSSR count). The summed E-state index contributed by atoms with van der Waals surface area (Å²) >= 11 is 0. The molecule has 3 saturated heterocycles.